The summed E-state index contributed by atoms with van der Waals surface area (Å²) < 4.78 is 5.23. The number of Topliss-reactive ketones (excluding diaryl/α,β-unsaturated/α-hetero) is 2. The first-order chi connectivity index (χ1) is 9.93. The van der Waals surface area contributed by atoms with Crippen molar-refractivity contribution in [2.45, 2.75) is 12.8 Å². The Morgan fingerprint density at radius 3 is 2.67 bits per heavy atom. The third-order valence-corrected chi connectivity index (χ3v) is 3.46. The Labute approximate surface area is 124 Å². The van der Waals surface area contributed by atoms with Crippen molar-refractivity contribution in [1.29, 1.82) is 0 Å². The molecule has 0 radical (unpaired) electrons. The second-order valence-electron chi connectivity index (χ2n) is 5.33. The number of carbonyl (C=O) groups is 2. The molecule has 2 rings (SSSR count). The lowest BCUT2D eigenvalue weighted by Gasteiger charge is -2.29. The number of hydrogen-bond donors (Lipinski definition) is 1. The van der Waals surface area contributed by atoms with E-state index in [2.05, 4.69) is 5.32 Å². The Bertz CT molecular complexity index is 606. The number of methoxy groups -OCH3 is 1. The maximum atomic E-state index is 12.4. The summed E-state index contributed by atoms with van der Waals surface area (Å²) in [5, 5.41) is 3.28. The topological polar surface area (TPSA) is 58.6 Å². The van der Waals surface area contributed by atoms with Gasteiger partial charge in [0, 0.05) is 39.5 Å². The van der Waals surface area contributed by atoms with Gasteiger partial charge in [-0.05, 0) is 29.3 Å². The summed E-state index contributed by atoms with van der Waals surface area (Å²) in [6.45, 7) is 1.86. The van der Waals surface area contributed by atoms with Crippen LogP contribution in [0.1, 0.15) is 18.4 Å². The number of nitrogens with zero attached hydrogens (tertiary/aromatic N) is 1. The summed E-state index contributed by atoms with van der Waals surface area (Å²) in [5.41, 5.74) is 2.53. The number of ether oxygens (including phenoxy) is 1. The zero-order chi connectivity index (χ0) is 15.6. The van der Waals surface area contributed by atoms with Crippen molar-refractivity contribution in [3.05, 3.63) is 35.5 Å². The van der Waals surface area contributed by atoms with Gasteiger partial charge in [-0.3, -0.25) is 9.59 Å². The third-order valence-electron chi connectivity index (χ3n) is 3.46. The molecule has 1 aromatic rings. The molecule has 112 valence electrons. The van der Waals surface area contributed by atoms with Gasteiger partial charge in [0.2, 0.25) is 5.78 Å². The first-order valence-corrected chi connectivity index (χ1v) is 6.77. The van der Waals surface area contributed by atoms with E-state index in [1.54, 1.807) is 7.11 Å². The van der Waals surface area contributed by atoms with Crippen molar-refractivity contribution in [3.63, 3.8) is 0 Å². The second kappa shape index (κ2) is 5.99. The average molecular weight is 288 g/mol. The number of ketones is 2. The van der Waals surface area contributed by atoms with Gasteiger partial charge in [-0.2, -0.15) is 0 Å². The van der Waals surface area contributed by atoms with Crippen LogP contribution in [0.25, 0.3) is 0 Å². The minimum Gasteiger partial charge on any atom is -0.497 e. The molecule has 0 saturated carbocycles. The van der Waals surface area contributed by atoms with E-state index in [9.17, 15) is 9.59 Å². The number of fused-ring (bicyclic) bond motifs is 1. The highest BCUT2D eigenvalue weighted by molar-refractivity contribution is 6.39. The van der Waals surface area contributed by atoms with Crippen molar-refractivity contribution >= 4 is 17.3 Å². The Balaban J connectivity index is 2.56. The molecule has 1 atom stereocenters. The normalized spacial score (nSPS) is 18.7. The molecule has 1 unspecified atom stereocenters. The van der Waals surface area contributed by atoms with Gasteiger partial charge < -0.3 is 15.0 Å². The van der Waals surface area contributed by atoms with E-state index in [0.29, 0.717) is 12.3 Å². The second-order valence-corrected chi connectivity index (χ2v) is 5.33. The van der Waals surface area contributed by atoms with Gasteiger partial charge in [0.1, 0.15) is 5.75 Å². The molecule has 1 N–H and O–H groups in total. The highest BCUT2D eigenvalue weighted by Crippen LogP contribution is 2.38. The molecule has 0 saturated heterocycles. The predicted octanol–water partition coefficient (Wildman–Crippen LogP) is 1.81. The van der Waals surface area contributed by atoms with Crippen molar-refractivity contribution < 1.29 is 14.3 Å². The molecular formula is C16H20N2O3. The van der Waals surface area contributed by atoms with E-state index in [1.807, 2.05) is 43.4 Å². The third kappa shape index (κ3) is 3.07. The van der Waals surface area contributed by atoms with Crippen LogP contribution in [0.3, 0.4) is 0 Å². The molecule has 0 aromatic heterocycles. The molecule has 0 bridgehead atoms. The SMILES string of the molecule is COc1ccc2c(c1)C(C(=O)C(C)=O)/C(=C\N(C)C)CN2. The van der Waals surface area contributed by atoms with Crippen molar-refractivity contribution in [2.75, 3.05) is 33.1 Å². The van der Waals surface area contributed by atoms with Gasteiger partial charge >= 0.3 is 0 Å². The maximum absolute atomic E-state index is 12.4. The van der Waals surface area contributed by atoms with Gasteiger partial charge in [-0.15, -0.1) is 0 Å². The smallest absolute Gasteiger partial charge is 0.209 e. The predicted molar refractivity (Wildman–Crippen MR) is 81.7 cm³/mol. The van der Waals surface area contributed by atoms with E-state index >= 15 is 0 Å². The first-order valence-electron chi connectivity index (χ1n) is 6.77. The fourth-order valence-electron chi connectivity index (χ4n) is 2.53. The summed E-state index contributed by atoms with van der Waals surface area (Å²) in [6, 6.07) is 5.53. The summed E-state index contributed by atoms with van der Waals surface area (Å²) in [5.74, 6) is -0.696. The highest BCUT2D eigenvalue weighted by atomic mass is 16.5. The molecule has 0 spiro atoms. The molecule has 0 fully saturated rings. The van der Waals surface area contributed by atoms with Crippen LogP contribution >= 0.6 is 0 Å². The summed E-state index contributed by atoms with van der Waals surface area (Å²) in [7, 11) is 5.36. The van der Waals surface area contributed by atoms with Crippen LogP contribution in [-0.2, 0) is 9.59 Å². The lowest BCUT2D eigenvalue weighted by Crippen LogP contribution is -2.30. The minimum atomic E-state index is -0.545. The fraction of sp³-hybridized carbons (Fsp3) is 0.375. The number of rotatable bonds is 4. The van der Waals surface area contributed by atoms with Crippen LogP contribution in [0, 0.1) is 0 Å². The minimum absolute atomic E-state index is 0.390. The quantitative estimate of drug-likeness (QED) is 0.856. The van der Waals surface area contributed by atoms with Crippen LogP contribution in [0.2, 0.25) is 0 Å². The molecule has 21 heavy (non-hydrogen) atoms. The zero-order valence-electron chi connectivity index (χ0n) is 12.8. The standard InChI is InChI=1S/C16H20N2O3/c1-10(19)16(20)15-11(9-18(2)3)8-17-14-6-5-12(21-4)7-13(14)15/h5-7,9,15,17H,8H2,1-4H3/b11-9-. The Kier molecular flexibility index (Phi) is 4.31. The van der Waals surface area contributed by atoms with Crippen molar-refractivity contribution in [2.24, 2.45) is 0 Å². The lowest BCUT2D eigenvalue weighted by atomic mass is 9.82. The number of hydrogen-bond acceptors (Lipinski definition) is 5. The molecular weight excluding hydrogens is 268 g/mol. The van der Waals surface area contributed by atoms with E-state index in [-0.39, 0.29) is 5.78 Å². The van der Waals surface area contributed by atoms with Crippen molar-refractivity contribution in [3.8, 4) is 5.75 Å². The number of anilines is 1. The Morgan fingerprint density at radius 1 is 1.38 bits per heavy atom. The Hall–Kier alpha value is -2.30. The van der Waals surface area contributed by atoms with E-state index in [0.717, 1.165) is 16.8 Å². The van der Waals surface area contributed by atoms with Crippen molar-refractivity contribution in [1.82, 2.24) is 4.90 Å². The monoisotopic (exact) mass is 288 g/mol. The van der Waals surface area contributed by atoms with Crippen LogP contribution in [0.5, 0.6) is 5.75 Å². The van der Waals surface area contributed by atoms with E-state index in [4.69, 9.17) is 4.74 Å². The number of benzene rings is 1. The van der Waals surface area contributed by atoms with E-state index in [1.165, 1.54) is 6.92 Å². The van der Waals surface area contributed by atoms with Crippen LogP contribution in [-0.4, -0.2) is 44.2 Å². The highest BCUT2D eigenvalue weighted by Gasteiger charge is 2.33. The summed E-state index contributed by atoms with van der Waals surface area (Å²) >= 11 is 0. The van der Waals surface area contributed by atoms with Gasteiger partial charge in [0.05, 0.1) is 13.0 Å². The van der Waals surface area contributed by atoms with Gasteiger partial charge in [0.15, 0.2) is 5.78 Å². The van der Waals surface area contributed by atoms with E-state index < -0.39 is 11.7 Å². The lowest BCUT2D eigenvalue weighted by molar-refractivity contribution is -0.135. The molecule has 5 nitrogen and oxygen atoms in total. The van der Waals surface area contributed by atoms with Crippen LogP contribution < -0.4 is 10.1 Å². The summed E-state index contributed by atoms with van der Waals surface area (Å²) in [4.78, 5) is 25.8. The zero-order valence-corrected chi connectivity index (χ0v) is 12.8. The molecule has 0 aliphatic carbocycles. The maximum Gasteiger partial charge on any atom is 0.209 e. The molecule has 0 amide bonds. The molecule has 5 heteroatoms. The average Bonchev–Trinajstić information content (AvgIpc) is 2.45. The molecule has 1 aromatic carbocycles. The number of nitrogens with one attached hydrogen (secondary N) is 1. The molecule has 1 aliphatic rings. The van der Waals surface area contributed by atoms with Crippen LogP contribution in [0.4, 0.5) is 5.69 Å². The van der Waals surface area contributed by atoms with Crippen LogP contribution in [0.15, 0.2) is 30.0 Å². The number of carbonyl (C=O) groups excluding carboxylic acids is 2. The fourth-order valence-corrected chi connectivity index (χ4v) is 2.53. The summed E-state index contributed by atoms with van der Waals surface area (Å²) in [6.07, 6.45) is 1.89. The van der Waals surface area contributed by atoms with Gasteiger partial charge in [0.25, 0.3) is 0 Å². The molecule has 1 heterocycles. The van der Waals surface area contributed by atoms with Gasteiger partial charge in [-0.1, -0.05) is 0 Å². The molecule has 1 aliphatic heterocycles. The first kappa shape index (κ1) is 15.1. The van der Waals surface area contributed by atoms with Gasteiger partial charge in [-0.25, -0.2) is 0 Å². The Morgan fingerprint density at radius 2 is 2.10 bits per heavy atom. The largest absolute Gasteiger partial charge is 0.497 e.